The van der Waals surface area contributed by atoms with Gasteiger partial charge in [-0.05, 0) is 18.2 Å². The third-order valence-corrected chi connectivity index (χ3v) is 2.62. The highest BCUT2D eigenvalue weighted by Crippen LogP contribution is 2.29. The summed E-state index contributed by atoms with van der Waals surface area (Å²) < 4.78 is 0.813. The van der Waals surface area contributed by atoms with E-state index in [9.17, 15) is 0 Å². The van der Waals surface area contributed by atoms with Crippen molar-refractivity contribution in [1.29, 1.82) is 5.26 Å². The summed E-state index contributed by atoms with van der Waals surface area (Å²) in [6.45, 7) is 0. The second kappa shape index (κ2) is 4.66. The summed E-state index contributed by atoms with van der Waals surface area (Å²) in [5.74, 6) is 0. The Labute approximate surface area is 94.7 Å². The third-order valence-electron chi connectivity index (χ3n) is 1.38. The van der Waals surface area contributed by atoms with E-state index in [0.29, 0.717) is 10.1 Å². The highest BCUT2D eigenvalue weighted by atomic mass is 79.9. The highest BCUT2D eigenvalue weighted by Gasteiger charge is 2.03. The fraction of sp³-hybridized carbons (Fsp3) is 0. The van der Waals surface area contributed by atoms with Gasteiger partial charge in [0.1, 0.15) is 0 Å². The minimum atomic E-state index is 0.372. The Morgan fingerprint density at radius 3 is 2.85 bits per heavy atom. The van der Waals surface area contributed by atoms with E-state index in [-0.39, 0.29) is 0 Å². The maximum Gasteiger partial charge on any atom is 0.0927 e. The van der Waals surface area contributed by atoms with Crippen LogP contribution < -0.4 is 0 Å². The molecule has 0 radical (unpaired) electrons. The van der Waals surface area contributed by atoms with Crippen molar-refractivity contribution in [2.45, 2.75) is 0 Å². The van der Waals surface area contributed by atoms with Gasteiger partial charge in [-0.1, -0.05) is 39.1 Å². The van der Waals surface area contributed by atoms with Crippen molar-refractivity contribution in [1.82, 2.24) is 0 Å². The number of benzene rings is 1. The van der Waals surface area contributed by atoms with E-state index in [2.05, 4.69) is 15.9 Å². The number of hydrogen-bond acceptors (Lipinski definition) is 1. The fourth-order valence-corrected chi connectivity index (χ4v) is 1.77. The minimum Gasteiger partial charge on any atom is -0.193 e. The predicted molar refractivity (Wildman–Crippen MR) is 58.6 cm³/mol. The summed E-state index contributed by atoms with van der Waals surface area (Å²) in [7, 11) is 0. The molecule has 13 heavy (non-hydrogen) atoms. The van der Waals surface area contributed by atoms with Gasteiger partial charge in [0.05, 0.1) is 11.1 Å². The summed E-state index contributed by atoms with van der Waals surface area (Å²) in [5.41, 5.74) is 0.718. The molecular weight excluding hydrogens is 273 g/mol. The topological polar surface area (TPSA) is 23.8 Å². The highest BCUT2D eigenvalue weighted by molar-refractivity contribution is 9.10. The lowest BCUT2D eigenvalue weighted by Crippen LogP contribution is -1.79. The van der Waals surface area contributed by atoms with Gasteiger partial charge in [-0.15, -0.1) is 0 Å². The van der Waals surface area contributed by atoms with Crippen LogP contribution in [0.15, 0.2) is 28.7 Å². The normalized spacial score (nSPS) is 11.1. The van der Waals surface area contributed by atoms with Gasteiger partial charge in [0, 0.05) is 21.1 Å². The molecule has 0 atom stereocenters. The quantitative estimate of drug-likeness (QED) is 0.705. The monoisotopic (exact) mass is 275 g/mol. The van der Waals surface area contributed by atoms with Crippen LogP contribution in [0.3, 0.4) is 0 Å². The van der Waals surface area contributed by atoms with E-state index >= 15 is 0 Å². The zero-order valence-electron chi connectivity index (χ0n) is 6.39. The Kier molecular flexibility index (Phi) is 3.80. The molecule has 1 nitrogen and oxygen atoms in total. The number of rotatable bonds is 1. The van der Waals surface area contributed by atoms with E-state index in [0.717, 1.165) is 10.0 Å². The zero-order chi connectivity index (χ0) is 9.84. The third kappa shape index (κ3) is 2.73. The number of halogens is 3. The van der Waals surface area contributed by atoms with Gasteiger partial charge < -0.3 is 0 Å². The molecule has 66 valence electrons. The zero-order valence-corrected chi connectivity index (χ0v) is 9.49. The Morgan fingerprint density at radius 1 is 1.54 bits per heavy atom. The van der Waals surface area contributed by atoms with Crippen molar-refractivity contribution < 1.29 is 0 Å². The van der Waals surface area contributed by atoms with E-state index in [1.54, 1.807) is 18.2 Å². The fourth-order valence-electron chi connectivity index (χ4n) is 0.815. The molecule has 0 fully saturated rings. The van der Waals surface area contributed by atoms with E-state index in [1.807, 2.05) is 6.07 Å². The van der Waals surface area contributed by atoms with Gasteiger partial charge in [0.15, 0.2) is 0 Å². The van der Waals surface area contributed by atoms with Crippen LogP contribution in [0, 0.1) is 11.3 Å². The first-order valence-electron chi connectivity index (χ1n) is 3.36. The van der Waals surface area contributed by atoms with Crippen LogP contribution in [0.5, 0.6) is 0 Å². The average molecular weight is 277 g/mol. The molecule has 0 aliphatic rings. The van der Waals surface area contributed by atoms with Crippen molar-refractivity contribution in [2.75, 3.05) is 0 Å². The molecule has 4 heteroatoms. The molecule has 0 N–H and O–H groups in total. The molecule has 0 saturated heterocycles. The number of nitrogens with zero attached hydrogens (tertiary/aromatic N) is 1. The Morgan fingerprint density at radius 2 is 2.23 bits per heavy atom. The summed E-state index contributed by atoms with van der Waals surface area (Å²) in [6.07, 6.45) is 1.26. The molecule has 0 bridgehead atoms. The van der Waals surface area contributed by atoms with E-state index in [4.69, 9.17) is 28.5 Å². The van der Waals surface area contributed by atoms with Gasteiger partial charge in [-0.2, -0.15) is 5.26 Å². The predicted octanol–water partition coefficient (Wildman–Crippen LogP) is 4.21. The van der Waals surface area contributed by atoms with Crippen molar-refractivity contribution in [3.8, 4) is 6.07 Å². The first-order chi connectivity index (χ1) is 6.15. The van der Waals surface area contributed by atoms with Gasteiger partial charge in [0.2, 0.25) is 0 Å². The van der Waals surface area contributed by atoms with E-state index < -0.39 is 0 Å². The number of allylic oxidation sites excluding steroid dienone is 1. The van der Waals surface area contributed by atoms with Crippen LogP contribution in [0.2, 0.25) is 5.02 Å². The lowest BCUT2D eigenvalue weighted by molar-refractivity contribution is 1.53. The van der Waals surface area contributed by atoms with Gasteiger partial charge in [-0.25, -0.2) is 0 Å². The van der Waals surface area contributed by atoms with Crippen LogP contribution in [-0.4, -0.2) is 0 Å². The second-order valence-electron chi connectivity index (χ2n) is 2.25. The molecule has 0 amide bonds. The first kappa shape index (κ1) is 10.6. The maximum absolute atomic E-state index is 8.40. The molecule has 0 heterocycles. The number of nitriles is 1. The van der Waals surface area contributed by atoms with Gasteiger partial charge in [-0.3, -0.25) is 0 Å². The molecule has 0 aromatic heterocycles. The SMILES string of the molecule is N#C/C=C(/Cl)c1cc(Cl)ccc1Br. The van der Waals surface area contributed by atoms with Crippen LogP contribution in [0.25, 0.3) is 5.03 Å². The smallest absolute Gasteiger partial charge is 0.0927 e. The Balaban J connectivity index is 3.22. The van der Waals surface area contributed by atoms with Crippen LogP contribution in [0.4, 0.5) is 0 Å². The lowest BCUT2D eigenvalue weighted by atomic mass is 10.2. The summed E-state index contributed by atoms with van der Waals surface area (Å²) in [6, 6.07) is 7.08. The first-order valence-corrected chi connectivity index (χ1v) is 4.90. The van der Waals surface area contributed by atoms with Crippen molar-refractivity contribution in [3.63, 3.8) is 0 Å². The molecular formula is C9H4BrCl2N. The molecule has 0 aliphatic carbocycles. The standard InChI is InChI=1S/C9H4BrCl2N/c10-8-2-1-6(11)5-7(8)9(12)3-4-13/h1-3,5H/b9-3+. The molecule has 1 rings (SSSR count). The molecule has 1 aromatic carbocycles. The minimum absolute atomic E-state index is 0.372. The molecule has 1 aromatic rings. The van der Waals surface area contributed by atoms with Crippen molar-refractivity contribution in [3.05, 3.63) is 39.3 Å². The molecule has 0 spiro atoms. The summed E-state index contributed by atoms with van der Waals surface area (Å²) in [4.78, 5) is 0. The number of hydrogen-bond donors (Lipinski definition) is 0. The van der Waals surface area contributed by atoms with Crippen molar-refractivity contribution >= 4 is 44.2 Å². The Hall–Kier alpha value is -0.490. The lowest BCUT2D eigenvalue weighted by Gasteiger charge is -2.01. The largest absolute Gasteiger partial charge is 0.193 e. The molecule has 0 saturated carbocycles. The summed E-state index contributed by atoms with van der Waals surface area (Å²) in [5, 5.41) is 9.36. The summed E-state index contributed by atoms with van der Waals surface area (Å²) >= 11 is 14.9. The van der Waals surface area contributed by atoms with Crippen LogP contribution in [-0.2, 0) is 0 Å². The maximum atomic E-state index is 8.40. The Bertz CT molecular complexity index is 393. The average Bonchev–Trinajstić information content (AvgIpc) is 2.09. The van der Waals surface area contributed by atoms with Crippen LogP contribution in [0.1, 0.15) is 5.56 Å². The molecule has 0 unspecified atom stereocenters. The second-order valence-corrected chi connectivity index (χ2v) is 3.94. The van der Waals surface area contributed by atoms with Crippen molar-refractivity contribution in [2.24, 2.45) is 0 Å². The van der Waals surface area contributed by atoms with Crippen LogP contribution >= 0.6 is 39.1 Å². The molecule has 0 aliphatic heterocycles. The van der Waals surface area contributed by atoms with Gasteiger partial charge >= 0.3 is 0 Å². The van der Waals surface area contributed by atoms with E-state index in [1.165, 1.54) is 6.08 Å². The van der Waals surface area contributed by atoms with Gasteiger partial charge in [0.25, 0.3) is 0 Å².